The highest BCUT2D eigenvalue weighted by Gasteiger charge is 2.11. The molecule has 2 aromatic carbocycles. The van der Waals surface area contributed by atoms with E-state index in [1.54, 1.807) is 42.6 Å². The van der Waals surface area contributed by atoms with Crippen LogP contribution in [-0.4, -0.2) is 31.3 Å². The molecular weight excluding hydrogens is 394 g/mol. The van der Waals surface area contributed by atoms with E-state index in [-0.39, 0.29) is 5.91 Å². The molecule has 2 heterocycles. The second-order valence-electron chi connectivity index (χ2n) is 5.92. The van der Waals surface area contributed by atoms with Gasteiger partial charge in [-0.3, -0.25) is 9.36 Å². The van der Waals surface area contributed by atoms with E-state index >= 15 is 0 Å². The maximum absolute atomic E-state index is 12.7. The Morgan fingerprint density at radius 3 is 2.79 bits per heavy atom. The summed E-state index contributed by atoms with van der Waals surface area (Å²) < 4.78 is 3.75. The van der Waals surface area contributed by atoms with E-state index < -0.39 is 0 Å². The topological polar surface area (TPSA) is 64.7 Å². The Balaban J connectivity index is 1.56. The molecule has 8 heteroatoms. The smallest absolute Gasteiger partial charge is 0.255 e. The number of rotatable bonds is 5. The maximum atomic E-state index is 12.7. The van der Waals surface area contributed by atoms with E-state index in [0.717, 1.165) is 16.5 Å². The second kappa shape index (κ2) is 7.92. The molecule has 0 spiro atoms. The minimum atomic E-state index is -0.209. The van der Waals surface area contributed by atoms with E-state index in [4.69, 9.17) is 11.6 Å². The quantitative estimate of drug-likeness (QED) is 0.486. The number of hydrogen-bond donors (Lipinski definition) is 1. The first-order chi connectivity index (χ1) is 13.7. The van der Waals surface area contributed by atoms with Crippen molar-refractivity contribution in [1.29, 1.82) is 0 Å². The summed E-state index contributed by atoms with van der Waals surface area (Å²) in [6.45, 7) is 0. The van der Waals surface area contributed by atoms with Crippen molar-refractivity contribution in [2.45, 2.75) is 5.16 Å². The Labute approximate surface area is 171 Å². The molecular formula is C20H16ClN5OS. The van der Waals surface area contributed by atoms with Gasteiger partial charge in [-0.05, 0) is 42.7 Å². The standard InChI is InChI=1S/C20H16ClN5OS/c1-28-20-23-8-10-26(20)16-4-2-3-14(11-16)19(27)24-15-5-6-18(17(21)12-15)25-9-7-22-13-25/h2-13H,1H3,(H,24,27). The fourth-order valence-corrected chi connectivity index (χ4v) is 3.64. The van der Waals surface area contributed by atoms with E-state index in [2.05, 4.69) is 15.3 Å². The summed E-state index contributed by atoms with van der Waals surface area (Å²) in [5, 5.41) is 4.28. The molecule has 1 N–H and O–H groups in total. The average Bonchev–Trinajstić information content (AvgIpc) is 3.40. The lowest BCUT2D eigenvalue weighted by Crippen LogP contribution is -2.12. The van der Waals surface area contributed by atoms with Crippen LogP contribution < -0.4 is 5.32 Å². The first-order valence-electron chi connectivity index (χ1n) is 8.43. The highest BCUT2D eigenvalue weighted by Crippen LogP contribution is 2.25. The molecule has 0 aliphatic rings. The Bertz CT molecular complexity index is 1120. The van der Waals surface area contributed by atoms with Crippen LogP contribution in [0, 0.1) is 0 Å². The van der Waals surface area contributed by atoms with Gasteiger partial charge in [-0.15, -0.1) is 0 Å². The highest BCUT2D eigenvalue weighted by atomic mass is 35.5. The molecule has 0 saturated carbocycles. The fourth-order valence-electron chi connectivity index (χ4n) is 2.83. The van der Waals surface area contributed by atoms with Crippen molar-refractivity contribution >= 4 is 35.0 Å². The maximum Gasteiger partial charge on any atom is 0.255 e. The normalized spacial score (nSPS) is 10.8. The number of carbonyl (C=O) groups excluding carboxylic acids is 1. The predicted octanol–water partition coefficient (Wildman–Crippen LogP) is 4.69. The van der Waals surface area contributed by atoms with Gasteiger partial charge >= 0.3 is 0 Å². The molecule has 0 atom stereocenters. The van der Waals surface area contributed by atoms with Crippen LogP contribution in [0.25, 0.3) is 11.4 Å². The first kappa shape index (κ1) is 18.3. The SMILES string of the molecule is CSc1nccn1-c1cccc(C(=O)Nc2ccc(-n3ccnc3)c(Cl)c2)c1. The van der Waals surface area contributed by atoms with Gasteiger partial charge < -0.3 is 9.88 Å². The summed E-state index contributed by atoms with van der Waals surface area (Å²) in [7, 11) is 0. The Morgan fingerprint density at radius 1 is 1.14 bits per heavy atom. The van der Waals surface area contributed by atoms with Gasteiger partial charge in [-0.1, -0.05) is 29.4 Å². The summed E-state index contributed by atoms with van der Waals surface area (Å²) in [6.07, 6.45) is 10.7. The van der Waals surface area contributed by atoms with E-state index in [9.17, 15) is 4.79 Å². The largest absolute Gasteiger partial charge is 0.322 e. The Morgan fingerprint density at radius 2 is 2.04 bits per heavy atom. The minimum absolute atomic E-state index is 0.209. The second-order valence-corrected chi connectivity index (χ2v) is 7.11. The Hall–Kier alpha value is -3.03. The van der Waals surface area contributed by atoms with Crippen molar-refractivity contribution in [2.24, 2.45) is 0 Å². The molecule has 28 heavy (non-hydrogen) atoms. The van der Waals surface area contributed by atoms with Crippen LogP contribution in [0.2, 0.25) is 5.02 Å². The number of hydrogen-bond acceptors (Lipinski definition) is 4. The van der Waals surface area contributed by atoms with Crippen molar-refractivity contribution in [2.75, 3.05) is 11.6 Å². The van der Waals surface area contributed by atoms with Crippen LogP contribution >= 0.6 is 23.4 Å². The molecule has 4 aromatic rings. The molecule has 2 aromatic heterocycles. The van der Waals surface area contributed by atoms with Crippen LogP contribution in [0.4, 0.5) is 5.69 Å². The van der Waals surface area contributed by atoms with Gasteiger partial charge in [0.25, 0.3) is 5.91 Å². The average molecular weight is 410 g/mol. The Kier molecular flexibility index (Phi) is 5.18. The van der Waals surface area contributed by atoms with Gasteiger partial charge in [0.1, 0.15) is 0 Å². The van der Waals surface area contributed by atoms with E-state index in [1.807, 2.05) is 58.1 Å². The van der Waals surface area contributed by atoms with Crippen molar-refractivity contribution in [3.8, 4) is 11.4 Å². The number of halogens is 1. The summed E-state index contributed by atoms with van der Waals surface area (Å²) in [5.41, 5.74) is 2.84. The molecule has 0 bridgehead atoms. The number of carbonyl (C=O) groups is 1. The third-order valence-electron chi connectivity index (χ3n) is 4.16. The molecule has 140 valence electrons. The lowest BCUT2D eigenvalue weighted by molar-refractivity contribution is 0.102. The molecule has 6 nitrogen and oxygen atoms in total. The van der Waals surface area contributed by atoms with Gasteiger partial charge in [-0.25, -0.2) is 9.97 Å². The number of thioether (sulfide) groups is 1. The molecule has 0 saturated heterocycles. The number of benzene rings is 2. The number of nitrogens with zero attached hydrogens (tertiary/aromatic N) is 4. The van der Waals surface area contributed by atoms with Gasteiger partial charge in [0.15, 0.2) is 5.16 Å². The van der Waals surface area contributed by atoms with Crippen LogP contribution in [0.3, 0.4) is 0 Å². The van der Waals surface area contributed by atoms with Crippen LogP contribution in [-0.2, 0) is 0 Å². The van der Waals surface area contributed by atoms with Gasteiger partial charge in [0.05, 0.1) is 17.0 Å². The van der Waals surface area contributed by atoms with Gasteiger partial charge in [-0.2, -0.15) is 0 Å². The highest BCUT2D eigenvalue weighted by molar-refractivity contribution is 7.98. The summed E-state index contributed by atoms with van der Waals surface area (Å²) in [5.74, 6) is -0.209. The minimum Gasteiger partial charge on any atom is -0.322 e. The van der Waals surface area contributed by atoms with Gasteiger partial charge in [0.2, 0.25) is 0 Å². The van der Waals surface area contributed by atoms with Crippen LogP contribution in [0.1, 0.15) is 10.4 Å². The lowest BCUT2D eigenvalue weighted by Gasteiger charge is -2.11. The molecule has 1 amide bonds. The zero-order valence-corrected chi connectivity index (χ0v) is 16.5. The monoisotopic (exact) mass is 409 g/mol. The number of nitrogens with one attached hydrogen (secondary N) is 1. The first-order valence-corrected chi connectivity index (χ1v) is 10.0. The van der Waals surface area contributed by atoms with Crippen LogP contribution in [0.15, 0.2) is 78.7 Å². The van der Waals surface area contributed by atoms with Crippen molar-refractivity contribution in [1.82, 2.24) is 19.1 Å². The van der Waals surface area contributed by atoms with Crippen molar-refractivity contribution in [3.05, 3.63) is 84.2 Å². The molecule has 0 aliphatic carbocycles. The van der Waals surface area contributed by atoms with E-state index in [0.29, 0.717) is 16.3 Å². The number of anilines is 1. The summed E-state index contributed by atoms with van der Waals surface area (Å²) in [4.78, 5) is 21.0. The number of imidazole rings is 2. The van der Waals surface area contributed by atoms with Crippen molar-refractivity contribution < 1.29 is 4.79 Å². The lowest BCUT2D eigenvalue weighted by atomic mass is 10.1. The third kappa shape index (κ3) is 3.67. The molecule has 0 unspecified atom stereocenters. The zero-order valence-electron chi connectivity index (χ0n) is 14.9. The third-order valence-corrected chi connectivity index (χ3v) is 5.13. The summed E-state index contributed by atoms with van der Waals surface area (Å²) in [6, 6.07) is 12.8. The van der Waals surface area contributed by atoms with E-state index in [1.165, 1.54) is 0 Å². The molecule has 0 radical (unpaired) electrons. The van der Waals surface area contributed by atoms with Crippen molar-refractivity contribution in [3.63, 3.8) is 0 Å². The van der Waals surface area contributed by atoms with Crippen LogP contribution in [0.5, 0.6) is 0 Å². The molecule has 0 aliphatic heterocycles. The number of amides is 1. The predicted molar refractivity (Wildman–Crippen MR) is 112 cm³/mol. The summed E-state index contributed by atoms with van der Waals surface area (Å²) >= 11 is 7.91. The molecule has 0 fully saturated rings. The number of aromatic nitrogens is 4. The fraction of sp³-hybridized carbons (Fsp3) is 0.0500. The zero-order chi connectivity index (χ0) is 19.5. The molecule has 4 rings (SSSR count). The van der Waals surface area contributed by atoms with Gasteiger partial charge in [0, 0.05) is 41.7 Å².